The van der Waals surface area contributed by atoms with Gasteiger partial charge < -0.3 is 25.7 Å². The Kier molecular flexibility index (Phi) is 12.1. The molecule has 0 aromatic heterocycles. The summed E-state index contributed by atoms with van der Waals surface area (Å²) in [5.74, 6) is -3.81. The topological polar surface area (TPSA) is 136 Å². The monoisotopic (exact) mass is 457 g/mol. The van der Waals surface area contributed by atoms with Crippen molar-refractivity contribution in [2.45, 2.75) is 26.8 Å². The molecule has 0 aliphatic heterocycles. The van der Waals surface area contributed by atoms with Gasteiger partial charge in [0, 0.05) is 24.3 Å². The van der Waals surface area contributed by atoms with E-state index < -0.39 is 18.0 Å². The molecule has 9 heteroatoms. The minimum absolute atomic E-state index is 0.0249. The maximum Gasteiger partial charge on any atom is 0.414 e. The average molecular weight is 458 g/mol. The van der Waals surface area contributed by atoms with Crippen molar-refractivity contribution >= 4 is 29.3 Å². The lowest BCUT2D eigenvalue weighted by Gasteiger charge is -2.22. The van der Waals surface area contributed by atoms with Crippen LogP contribution in [0.25, 0.3) is 0 Å². The van der Waals surface area contributed by atoms with E-state index in [-0.39, 0.29) is 11.7 Å². The largest absolute Gasteiger partial charge is 0.473 e. The van der Waals surface area contributed by atoms with E-state index in [2.05, 4.69) is 29.4 Å². The maximum atomic E-state index is 12.9. The summed E-state index contributed by atoms with van der Waals surface area (Å²) in [7, 11) is 0. The standard InChI is InChI=1S/C22H29N3O2.C2H2O4/c1-4-25(5-2)15-14-23-21(18-10-7-6-8-11-18)22(27)24-20-13-9-12-19(16-20)17(3)26;3-1(4)2(5)6/h6-13,16,21,23H,4-5,14-15H2,1-3H3,(H,24,27);(H,3,4)(H,5,6). The van der Waals surface area contributed by atoms with E-state index in [1.54, 1.807) is 24.3 Å². The summed E-state index contributed by atoms with van der Waals surface area (Å²) >= 11 is 0. The number of carbonyl (C=O) groups excluding carboxylic acids is 2. The van der Waals surface area contributed by atoms with Gasteiger partial charge in [0.25, 0.3) is 0 Å². The third-order valence-corrected chi connectivity index (χ3v) is 4.79. The molecule has 0 saturated heterocycles. The van der Waals surface area contributed by atoms with Crippen LogP contribution in [0.3, 0.4) is 0 Å². The van der Waals surface area contributed by atoms with E-state index in [4.69, 9.17) is 19.8 Å². The number of Topliss-reactive ketones (excluding diaryl/α,β-unsaturated/α-hetero) is 1. The molecule has 4 N–H and O–H groups in total. The molecule has 0 saturated carbocycles. The highest BCUT2D eigenvalue weighted by molar-refractivity contribution is 6.27. The van der Waals surface area contributed by atoms with Crippen molar-refractivity contribution in [2.75, 3.05) is 31.5 Å². The van der Waals surface area contributed by atoms with Gasteiger partial charge in [0.05, 0.1) is 0 Å². The number of nitrogens with zero attached hydrogens (tertiary/aromatic N) is 1. The lowest BCUT2D eigenvalue weighted by atomic mass is 10.1. The van der Waals surface area contributed by atoms with Gasteiger partial charge in [-0.25, -0.2) is 9.59 Å². The molecule has 0 spiro atoms. The Morgan fingerprint density at radius 1 is 0.909 bits per heavy atom. The first kappa shape index (κ1) is 27.5. The number of anilines is 1. The second-order valence-corrected chi connectivity index (χ2v) is 7.06. The van der Waals surface area contributed by atoms with Gasteiger partial charge in [-0.05, 0) is 37.7 Å². The Hall–Kier alpha value is -3.56. The van der Waals surface area contributed by atoms with Gasteiger partial charge in [-0.15, -0.1) is 0 Å². The van der Waals surface area contributed by atoms with Gasteiger partial charge in [-0.3, -0.25) is 9.59 Å². The molecular formula is C24H31N3O6. The first-order chi connectivity index (χ1) is 15.7. The van der Waals surface area contributed by atoms with E-state index in [9.17, 15) is 9.59 Å². The van der Waals surface area contributed by atoms with Crippen LogP contribution in [0.2, 0.25) is 0 Å². The first-order valence-corrected chi connectivity index (χ1v) is 10.6. The summed E-state index contributed by atoms with van der Waals surface area (Å²) in [6, 6.07) is 16.2. The normalized spacial score (nSPS) is 11.2. The van der Waals surface area contributed by atoms with Crippen LogP contribution in [0.15, 0.2) is 54.6 Å². The van der Waals surface area contributed by atoms with Crippen molar-refractivity contribution in [3.05, 3.63) is 65.7 Å². The fourth-order valence-electron chi connectivity index (χ4n) is 2.94. The third-order valence-electron chi connectivity index (χ3n) is 4.79. The molecular weight excluding hydrogens is 426 g/mol. The molecule has 2 rings (SSSR count). The number of amides is 1. The van der Waals surface area contributed by atoms with Crippen LogP contribution in [0, 0.1) is 0 Å². The van der Waals surface area contributed by atoms with Crippen LogP contribution in [0.5, 0.6) is 0 Å². The molecule has 0 heterocycles. The molecule has 1 unspecified atom stereocenters. The summed E-state index contributed by atoms with van der Waals surface area (Å²) in [6.07, 6.45) is 0. The van der Waals surface area contributed by atoms with Gasteiger partial charge >= 0.3 is 11.9 Å². The van der Waals surface area contributed by atoms with Crippen molar-refractivity contribution in [3.63, 3.8) is 0 Å². The van der Waals surface area contributed by atoms with Crippen LogP contribution in [0.4, 0.5) is 5.69 Å². The van der Waals surface area contributed by atoms with Crippen LogP contribution in [-0.2, 0) is 14.4 Å². The number of likely N-dealkylation sites (N-methyl/N-ethyl adjacent to an activating group) is 1. The number of carboxylic acid groups (broad SMARTS) is 2. The molecule has 0 radical (unpaired) electrons. The van der Waals surface area contributed by atoms with E-state index >= 15 is 0 Å². The third kappa shape index (κ3) is 10.1. The number of benzene rings is 2. The second-order valence-electron chi connectivity index (χ2n) is 7.06. The summed E-state index contributed by atoms with van der Waals surface area (Å²) in [5.41, 5.74) is 2.12. The number of carboxylic acids is 2. The zero-order valence-electron chi connectivity index (χ0n) is 19.1. The fraction of sp³-hybridized carbons (Fsp3) is 0.333. The van der Waals surface area contributed by atoms with Crippen molar-refractivity contribution in [1.29, 1.82) is 0 Å². The highest BCUT2D eigenvalue weighted by atomic mass is 16.4. The molecule has 1 amide bonds. The molecule has 0 aliphatic rings. The second kappa shape index (κ2) is 14.5. The molecule has 1 atom stereocenters. The smallest absolute Gasteiger partial charge is 0.414 e. The van der Waals surface area contributed by atoms with Gasteiger partial charge in [0.1, 0.15) is 6.04 Å². The highest BCUT2D eigenvalue weighted by Gasteiger charge is 2.20. The number of carbonyl (C=O) groups is 4. The van der Waals surface area contributed by atoms with Crippen LogP contribution in [0.1, 0.15) is 42.7 Å². The zero-order chi connectivity index (χ0) is 24.8. The van der Waals surface area contributed by atoms with Crippen LogP contribution < -0.4 is 10.6 Å². The molecule has 9 nitrogen and oxygen atoms in total. The van der Waals surface area contributed by atoms with Crippen molar-refractivity contribution in [2.24, 2.45) is 0 Å². The molecule has 0 bridgehead atoms. The van der Waals surface area contributed by atoms with Gasteiger partial charge in [0.2, 0.25) is 5.91 Å². The molecule has 2 aromatic carbocycles. The summed E-state index contributed by atoms with van der Waals surface area (Å²) in [4.78, 5) is 45.0. The van der Waals surface area contributed by atoms with E-state index in [1.165, 1.54) is 6.92 Å². The lowest BCUT2D eigenvalue weighted by Crippen LogP contribution is -2.38. The fourth-order valence-corrected chi connectivity index (χ4v) is 2.94. The predicted molar refractivity (Wildman–Crippen MR) is 125 cm³/mol. The molecule has 0 aliphatic carbocycles. The van der Waals surface area contributed by atoms with Crippen molar-refractivity contribution in [1.82, 2.24) is 10.2 Å². The number of nitrogens with one attached hydrogen (secondary N) is 2. The lowest BCUT2D eigenvalue weighted by molar-refractivity contribution is -0.159. The van der Waals surface area contributed by atoms with Gasteiger partial charge in [-0.2, -0.15) is 0 Å². The van der Waals surface area contributed by atoms with Crippen molar-refractivity contribution in [3.8, 4) is 0 Å². The summed E-state index contributed by atoms with van der Waals surface area (Å²) in [5, 5.41) is 21.1. The van der Waals surface area contributed by atoms with Gasteiger partial charge in [0.15, 0.2) is 5.78 Å². The number of ketones is 1. The molecule has 0 fully saturated rings. The van der Waals surface area contributed by atoms with E-state index in [1.807, 2.05) is 30.3 Å². The zero-order valence-corrected chi connectivity index (χ0v) is 19.1. The minimum atomic E-state index is -1.82. The molecule has 2 aromatic rings. The Labute approximate surface area is 193 Å². The van der Waals surface area contributed by atoms with Gasteiger partial charge in [-0.1, -0.05) is 56.3 Å². The SMILES string of the molecule is CCN(CC)CCNC(C(=O)Nc1cccc(C(C)=O)c1)c1ccccc1.O=C(O)C(=O)O. The van der Waals surface area contributed by atoms with Crippen LogP contribution in [-0.4, -0.2) is 64.9 Å². The number of hydrogen-bond acceptors (Lipinski definition) is 6. The Balaban J connectivity index is 0.000000801. The highest BCUT2D eigenvalue weighted by Crippen LogP contribution is 2.17. The quantitative estimate of drug-likeness (QED) is 0.316. The molecule has 33 heavy (non-hydrogen) atoms. The minimum Gasteiger partial charge on any atom is -0.473 e. The number of rotatable bonds is 10. The molecule has 178 valence electrons. The van der Waals surface area contributed by atoms with E-state index in [0.29, 0.717) is 17.8 Å². The Morgan fingerprint density at radius 2 is 1.52 bits per heavy atom. The summed E-state index contributed by atoms with van der Waals surface area (Å²) < 4.78 is 0. The van der Waals surface area contributed by atoms with Crippen molar-refractivity contribution < 1.29 is 29.4 Å². The van der Waals surface area contributed by atoms with Crippen LogP contribution >= 0.6 is 0 Å². The number of hydrogen-bond donors (Lipinski definition) is 4. The summed E-state index contributed by atoms with van der Waals surface area (Å²) in [6.45, 7) is 9.34. The maximum absolute atomic E-state index is 12.9. The predicted octanol–water partition coefficient (Wildman–Crippen LogP) is 2.66. The first-order valence-electron chi connectivity index (χ1n) is 10.6. The van der Waals surface area contributed by atoms with E-state index in [0.717, 1.165) is 25.2 Å². The number of aliphatic carboxylic acids is 2. The Bertz CT molecular complexity index is 917. The Morgan fingerprint density at radius 3 is 2.03 bits per heavy atom. The average Bonchev–Trinajstić information content (AvgIpc) is 2.80.